The third kappa shape index (κ3) is 15.6. The van der Waals surface area contributed by atoms with E-state index in [9.17, 15) is 28.8 Å². The third-order valence-electron chi connectivity index (χ3n) is 12.0. The second-order valence-corrected chi connectivity index (χ2v) is 17.5. The zero-order chi connectivity index (χ0) is 51.5. The molecule has 0 saturated heterocycles. The fourth-order valence-electron chi connectivity index (χ4n) is 7.84. The summed E-state index contributed by atoms with van der Waals surface area (Å²) in [5.41, 5.74) is 10.6. The molecule has 6 amide bonds. The topological polar surface area (TPSA) is 261 Å². The van der Waals surface area contributed by atoms with Crippen molar-refractivity contribution in [3.8, 4) is 5.75 Å². The minimum atomic E-state index is -1.47. The summed E-state index contributed by atoms with van der Waals surface area (Å²) >= 11 is 0. The molecular formula is C55H59N9O9. The van der Waals surface area contributed by atoms with E-state index in [-0.39, 0.29) is 32.5 Å². The van der Waals surface area contributed by atoms with Crippen LogP contribution in [0.2, 0.25) is 0 Å². The number of aromatic nitrogens is 3. The number of primary amides is 1. The average molecular weight is 990 g/mol. The number of rotatable bonds is 25. The van der Waals surface area contributed by atoms with Crippen molar-refractivity contribution < 1.29 is 43.0 Å². The lowest BCUT2D eigenvalue weighted by Gasteiger charge is -2.29. The minimum absolute atomic E-state index is 0.0186. The number of hydrogen-bond donors (Lipinski definition) is 8. The lowest BCUT2D eigenvalue weighted by Crippen LogP contribution is -2.62. The molecule has 2 aromatic heterocycles. The second kappa shape index (κ2) is 25.9. The van der Waals surface area contributed by atoms with E-state index in [0.29, 0.717) is 29.2 Å². The molecule has 2 heterocycles. The summed E-state index contributed by atoms with van der Waals surface area (Å²) in [5, 5.41) is 14.5. The molecule has 0 saturated carbocycles. The fourth-order valence-corrected chi connectivity index (χ4v) is 7.84. The highest BCUT2D eigenvalue weighted by atomic mass is 16.5. The number of ether oxygens (including phenoxy) is 3. The Morgan fingerprint density at radius 1 is 0.562 bits per heavy atom. The lowest BCUT2D eigenvalue weighted by molar-refractivity contribution is -0.137. The van der Waals surface area contributed by atoms with E-state index in [1.54, 1.807) is 61.7 Å². The van der Waals surface area contributed by atoms with Gasteiger partial charge in [0.15, 0.2) is 0 Å². The van der Waals surface area contributed by atoms with Crippen LogP contribution >= 0.6 is 0 Å². The first-order chi connectivity index (χ1) is 35.4. The molecule has 9 N–H and O–H groups in total. The highest BCUT2D eigenvalue weighted by molar-refractivity contribution is 5.97. The van der Waals surface area contributed by atoms with Crippen LogP contribution in [0.5, 0.6) is 5.75 Å². The van der Waals surface area contributed by atoms with Crippen LogP contribution in [0.4, 0.5) is 4.79 Å². The Hall–Kier alpha value is -8.77. The van der Waals surface area contributed by atoms with Gasteiger partial charge in [-0.15, -0.1) is 0 Å². The molecule has 0 bridgehead atoms. The van der Waals surface area contributed by atoms with Crippen LogP contribution in [0.1, 0.15) is 47.4 Å². The predicted octanol–water partition coefficient (Wildman–Crippen LogP) is 4.84. The Morgan fingerprint density at radius 3 is 1.77 bits per heavy atom. The molecule has 18 heteroatoms. The van der Waals surface area contributed by atoms with Crippen molar-refractivity contribution in [1.82, 2.24) is 41.5 Å². The van der Waals surface area contributed by atoms with Gasteiger partial charge >= 0.3 is 6.09 Å². The average Bonchev–Trinajstić information content (AvgIpc) is 4.09. The maximum atomic E-state index is 14.9. The van der Waals surface area contributed by atoms with E-state index in [4.69, 9.17) is 19.9 Å². The number of nitrogens with zero attached hydrogens (tertiary/aromatic N) is 1. The summed E-state index contributed by atoms with van der Waals surface area (Å²) in [6.07, 6.45) is 2.59. The Bertz CT molecular complexity index is 2900. The predicted molar refractivity (Wildman–Crippen MR) is 272 cm³/mol. The summed E-state index contributed by atoms with van der Waals surface area (Å²) < 4.78 is 17.7. The number of H-pyrrole nitrogens is 2. The molecule has 0 radical (unpaired) electrons. The van der Waals surface area contributed by atoms with Gasteiger partial charge in [-0.3, -0.25) is 24.0 Å². The molecule has 0 unspecified atom stereocenters. The largest absolute Gasteiger partial charge is 0.489 e. The van der Waals surface area contributed by atoms with Crippen molar-refractivity contribution >= 4 is 46.5 Å². The zero-order valence-electron chi connectivity index (χ0n) is 40.4. The Morgan fingerprint density at radius 2 is 1.12 bits per heavy atom. The van der Waals surface area contributed by atoms with Crippen LogP contribution in [-0.2, 0) is 72.5 Å². The van der Waals surface area contributed by atoms with Crippen molar-refractivity contribution in [3.05, 3.63) is 192 Å². The van der Waals surface area contributed by atoms with Gasteiger partial charge in [0.2, 0.25) is 29.5 Å². The Labute approximate surface area is 422 Å². The molecule has 0 aliphatic carbocycles. The summed E-state index contributed by atoms with van der Waals surface area (Å²) in [4.78, 5) is 93.7. The fraction of sp³-hybridized carbons (Fsp3) is 0.255. The third-order valence-corrected chi connectivity index (χ3v) is 12.0. The normalized spacial score (nSPS) is 13.5. The number of aromatic amines is 2. The smallest absolute Gasteiger partial charge is 0.408 e. The van der Waals surface area contributed by atoms with Crippen molar-refractivity contribution in [3.63, 3.8) is 0 Å². The number of nitrogens with two attached hydrogens (primary N) is 1. The first-order valence-corrected chi connectivity index (χ1v) is 23.8. The van der Waals surface area contributed by atoms with Gasteiger partial charge in [-0.1, -0.05) is 121 Å². The van der Waals surface area contributed by atoms with Gasteiger partial charge in [-0.05, 0) is 59.9 Å². The van der Waals surface area contributed by atoms with Crippen LogP contribution in [0, 0.1) is 0 Å². The van der Waals surface area contributed by atoms with Gasteiger partial charge in [0.1, 0.15) is 49.2 Å². The summed E-state index contributed by atoms with van der Waals surface area (Å²) in [6, 6.07) is 35.9. The monoisotopic (exact) mass is 989 g/mol. The van der Waals surface area contributed by atoms with E-state index in [2.05, 4.69) is 41.5 Å². The lowest BCUT2D eigenvalue weighted by atomic mass is 10.0. The van der Waals surface area contributed by atoms with Gasteiger partial charge in [-0.2, -0.15) is 0 Å². The zero-order valence-corrected chi connectivity index (χ0v) is 40.4. The number of amides is 6. The van der Waals surface area contributed by atoms with Crippen molar-refractivity contribution in [2.24, 2.45) is 5.73 Å². The number of benzene rings is 5. The van der Waals surface area contributed by atoms with E-state index in [1.807, 2.05) is 91.0 Å². The van der Waals surface area contributed by atoms with Gasteiger partial charge in [-0.25, -0.2) is 9.78 Å². The number of para-hydroxylation sites is 1. The summed E-state index contributed by atoms with van der Waals surface area (Å²) in [6.45, 7) is 3.34. The molecule has 0 fully saturated rings. The van der Waals surface area contributed by atoms with Gasteiger partial charge < -0.3 is 56.5 Å². The van der Waals surface area contributed by atoms with Crippen LogP contribution in [0.15, 0.2) is 158 Å². The number of carbonyl (C=O) groups excluding carboxylic acids is 6. The van der Waals surface area contributed by atoms with Gasteiger partial charge in [0, 0.05) is 48.3 Å². The van der Waals surface area contributed by atoms with Crippen LogP contribution < -0.4 is 37.1 Å². The van der Waals surface area contributed by atoms with E-state index in [0.717, 1.165) is 27.6 Å². The van der Waals surface area contributed by atoms with E-state index >= 15 is 0 Å². The molecule has 0 aliphatic heterocycles. The van der Waals surface area contributed by atoms with Crippen molar-refractivity contribution in [1.29, 1.82) is 0 Å². The van der Waals surface area contributed by atoms with Crippen LogP contribution in [0.3, 0.4) is 0 Å². The maximum Gasteiger partial charge on any atom is 0.408 e. The van der Waals surface area contributed by atoms with Crippen LogP contribution in [-0.4, -0.2) is 86.9 Å². The van der Waals surface area contributed by atoms with Crippen LogP contribution in [0.25, 0.3) is 10.9 Å². The number of nitrogens with one attached hydrogen (secondary N) is 7. The molecule has 6 atom stereocenters. The highest BCUT2D eigenvalue weighted by Crippen LogP contribution is 2.21. The van der Waals surface area contributed by atoms with Crippen molar-refractivity contribution in [2.75, 3.05) is 0 Å². The molecule has 0 aliphatic rings. The molecule has 0 spiro atoms. The van der Waals surface area contributed by atoms with Crippen molar-refractivity contribution in [2.45, 2.75) is 89.2 Å². The molecule has 18 nitrogen and oxygen atoms in total. The molecule has 7 rings (SSSR count). The number of hydrogen-bond acceptors (Lipinski definition) is 10. The summed E-state index contributed by atoms with van der Waals surface area (Å²) in [5.74, 6) is -3.26. The first kappa shape index (κ1) is 52.1. The molecule has 73 heavy (non-hydrogen) atoms. The standard InChI is InChI=1S/C55H59N9O9/c1-35(50(56)65)60-51(66)47(27-41-29-58-45-21-13-12-20-44(41)45)62-54(69)49(36(2)71-31-38-14-6-3-7-15-38)64-53(68)46(26-37-22-24-43(25-23-37)72-32-39-16-8-4-9-17-39)61-52(67)48(28-42-30-57-34-59-42)63-55(70)73-33-40-18-10-5-11-19-40/h3-25,29-30,34-36,46-49,58H,26-28,31-33H2,1-2H3,(H2,56,65)(H,57,59)(H,60,66)(H,61,67)(H,62,69)(H,63,70)(H,64,68)/t35-,36-,46+,47+,48+,49+/m1/s1. The second-order valence-electron chi connectivity index (χ2n) is 17.5. The maximum absolute atomic E-state index is 14.9. The molecule has 378 valence electrons. The number of carbonyl (C=O) groups is 6. The molecular weight excluding hydrogens is 931 g/mol. The van der Waals surface area contributed by atoms with Gasteiger partial charge in [0.25, 0.3) is 0 Å². The first-order valence-electron chi connectivity index (χ1n) is 23.8. The number of fused-ring (bicyclic) bond motifs is 1. The molecule has 7 aromatic rings. The SMILES string of the molecule is C[C@@H](NC(=O)[C@H](Cc1c[nH]c2ccccc12)NC(=O)[C@@H](NC(=O)[C@H](Cc1ccc(OCc2ccccc2)cc1)NC(=O)[C@H](Cc1cnc[nH]1)NC(=O)OCc1ccccc1)[C@@H](C)OCc1ccccc1)C(N)=O. The Kier molecular flexibility index (Phi) is 18.5. The van der Waals surface area contributed by atoms with Gasteiger partial charge in [0.05, 0.1) is 19.0 Å². The summed E-state index contributed by atoms with van der Waals surface area (Å²) in [7, 11) is 0. The highest BCUT2D eigenvalue weighted by Gasteiger charge is 2.36. The molecule has 5 aromatic carbocycles. The van der Waals surface area contributed by atoms with E-state index < -0.39 is 71.9 Å². The number of alkyl carbamates (subject to hydrolysis) is 1. The van der Waals surface area contributed by atoms with E-state index in [1.165, 1.54) is 19.4 Å². The number of imidazole rings is 1. The minimum Gasteiger partial charge on any atom is -0.489 e. The quantitative estimate of drug-likeness (QED) is 0.0387. The Balaban J connectivity index is 1.17.